The Morgan fingerprint density at radius 2 is 2.00 bits per heavy atom. The van der Waals surface area contributed by atoms with E-state index in [0.29, 0.717) is 36.7 Å². The minimum atomic E-state index is -0.618. The number of rotatable bonds is 12. The zero-order valence-electron chi connectivity index (χ0n) is 27.3. The lowest BCUT2D eigenvalue weighted by molar-refractivity contribution is -0.124. The lowest BCUT2D eigenvalue weighted by Gasteiger charge is -2.45. The summed E-state index contributed by atoms with van der Waals surface area (Å²) in [4.78, 5) is 28.7. The molecule has 0 radical (unpaired) electrons. The van der Waals surface area contributed by atoms with Crippen LogP contribution in [-0.4, -0.2) is 66.2 Å². The van der Waals surface area contributed by atoms with Crippen LogP contribution in [0.15, 0.2) is 47.5 Å². The van der Waals surface area contributed by atoms with Crippen molar-refractivity contribution in [1.29, 1.82) is 0 Å². The van der Waals surface area contributed by atoms with Crippen molar-refractivity contribution < 1.29 is 33.6 Å². The molecule has 0 bridgehead atoms. The third kappa shape index (κ3) is 7.24. The highest BCUT2D eigenvalue weighted by Crippen LogP contribution is 2.61. The van der Waals surface area contributed by atoms with Crippen LogP contribution in [0.3, 0.4) is 0 Å². The van der Waals surface area contributed by atoms with E-state index in [1.165, 1.54) is 0 Å². The first-order valence-corrected chi connectivity index (χ1v) is 17.9. The highest BCUT2D eigenvalue weighted by Gasteiger charge is 2.61. The number of hydrogen-bond acceptors (Lipinski definition) is 8. The van der Waals surface area contributed by atoms with Gasteiger partial charge >= 0.3 is 6.09 Å². The van der Waals surface area contributed by atoms with Gasteiger partial charge in [0, 0.05) is 36.0 Å². The Hall–Kier alpha value is -2.69. The van der Waals surface area contributed by atoms with Crippen LogP contribution in [-0.2, 0) is 27.2 Å². The molecule has 2 aromatic carbocycles. The van der Waals surface area contributed by atoms with Crippen LogP contribution >= 0.6 is 27.7 Å². The van der Waals surface area contributed by atoms with Crippen molar-refractivity contribution in [3.63, 3.8) is 0 Å². The fourth-order valence-corrected chi connectivity index (χ4v) is 8.88. The summed E-state index contributed by atoms with van der Waals surface area (Å²) >= 11 is 5.55. The molecule has 0 aromatic heterocycles. The molecule has 10 heteroatoms. The van der Waals surface area contributed by atoms with E-state index >= 15 is 0 Å². The van der Waals surface area contributed by atoms with Crippen molar-refractivity contribution in [2.24, 2.45) is 5.41 Å². The van der Waals surface area contributed by atoms with Gasteiger partial charge in [0.15, 0.2) is 0 Å². The highest BCUT2D eigenvalue weighted by molar-refractivity contribution is 9.10. The van der Waals surface area contributed by atoms with Crippen molar-refractivity contribution in [3.8, 4) is 17.2 Å². The molecule has 8 nitrogen and oxygen atoms in total. The molecule has 46 heavy (non-hydrogen) atoms. The molecular formula is C36H46BrNO7S. The average molecular weight is 717 g/mol. The summed E-state index contributed by atoms with van der Waals surface area (Å²) in [5.74, 6) is 2.95. The zero-order chi connectivity index (χ0) is 33.1. The summed E-state index contributed by atoms with van der Waals surface area (Å²) in [6, 6.07) is 9.45. The minimum absolute atomic E-state index is 0.141. The molecule has 2 heterocycles. The van der Waals surface area contributed by atoms with Crippen molar-refractivity contribution >= 4 is 39.6 Å². The number of allylic oxidation sites excluding steroid dienone is 1. The third-order valence-corrected chi connectivity index (χ3v) is 11.3. The molecule has 2 aromatic rings. The third-order valence-electron chi connectivity index (χ3n) is 9.07. The molecule has 1 amide bonds. The number of Topliss-reactive ketones (excluding diaryl/α,β-unsaturated/α-hetero) is 1. The Morgan fingerprint density at radius 1 is 1.24 bits per heavy atom. The molecule has 1 aliphatic carbocycles. The maximum atomic E-state index is 13.7. The Bertz CT molecular complexity index is 1420. The number of amides is 1. The summed E-state index contributed by atoms with van der Waals surface area (Å²) in [6.07, 6.45) is 4.87. The van der Waals surface area contributed by atoms with E-state index in [-0.39, 0.29) is 42.6 Å². The normalized spacial score (nSPS) is 23.6. The SMILES string of the molecule is C=CCCCCOc1cc2c3c(c1Br)O[C@@H]1CC(=O)C[C@@H](SCc4ccc(OC)cc4)C31C[C@@H](CO)N(C(=O)OCC(C)(C)C)C2. The summed E-state index contributed by atoms with van der Waals surface area (Å²) in [5, 5.41) is 10.7. The van der Waals surface area contributed by atoms with Gasteiger partial charge in [-0.15, -0.1) is 6.58 Å². The van der Waals surface area contributed by atoms with E-state index in [2.05, 4.69) is 22.5 Å². The molecule has 3 aliphatic rings. The number of halogens is 1. The Labute approximate surface area is 285 Å². The van der Waals surface area contributed by atoms with Gasteiger partial charge in [-0.3, -0.25) is 9.69 Å². The number of carbonyl (C=O) groups is 2. The number of benzene rings is 2. The number of aliphatic hydroxyl groups excluding tert-OH is 1. The first-order chi connectivity index (χ1) is 22.0. The Balaban J connectivity index is 1.56. The highest BCUT2D eigenvalue weighted by atomic mass is 79.9. The van der Waals surface area contributed by atoms with Crippen LogP contribution in [0.25, 0.3) is 0 Å². The van der Waals surface area contributed by atoms with Crippen LogP contribution in [0, 0.1) is 5.41 Å². The summed E-state index contributed by atoms with van der Waals surface area (Å²) in [7, 11) is 1.65. The number of unbranched alkanes of at least 4 members (excludes halogenated alkanes) is 2. The van der Waals surface area contributed by atoms with E-state index in [4.69, 9.17) is 18.9 Å². The molecule has 0 saturated heterocycles. The monoisotopic (exact) mass is 715 g/mol. The molecule has 5 rings (SSSR count). The van der Waals surface area contributed by atoms with Crippen LogP contribution < -0.4 is 14.2 Å². The lowest BCUT2D eigenvalue weighted by Crippen LogP contribution is -2.55. The van der Waals surface area contributed by atoms with Crippen molar-refractivity contribution in [2.75, 3.05) is 26.9 Å². The van der Waals surface area contributed by atoms with Gasteiger partial charge in [-0.25, -0.2) is 4.79 Å². The molecule has 1 spiro atoms. The van der Waals surface area contributed by atoms with E-state index in [1.54, 1.807) is 23.8 Å². The quantitative estimate of drug-likeness (QED) is 0.177. The number of methoxy groups -OCH3 is 1. The van der Waals surface area contributed by atoms with Crippen LogP contribution in [0.1, 0.15) is 76.0 Å². The second kappa shape index (κ2) is 14.6. The molecule has 1 unspecified atom stereocenters. The molecule has 1 fully saturated rings. The predicted octanol–water partition coefficient (Wildman–Crippen LogP) is 7.61. The van der Waals surface area contributed by atoms with Crippen molar-refractivity contribution in [3.05, 3.63) is 64.1 Å². The fraction of sp³-hybridized carbons (Fsp3) is 0.556. The second-order valence-electron chi connectivity index (χ2n) is 13.7. The maximum Gasteiger partial charge on any atom is 0.410 e. The first-order valence-electron chi connectivity index (χ1n) is 16.1. The van der Waals surface area contributed by atoms with E-state index < -0.39 is 23.7 Å². The number of hydrogen-bond donors (Lipinski definition) is 1. The standard InChI is InChI=1S/C36H46BrNO7S/c1-6-7-8-9-14-43-28-15-24-19-38(34(41)44-22-35(2,3)4)25(20-39)18-36-29(45-33(31(24)36)32(28)37)16-26(40)17-30(36)46-21-23-10-12-27(42-5)13-11-23/h6,10-13,15,25,29-30,39H,1,7-9,14,16-22H2,2-5H3/t25-,29+,30+,36?/m0/s1. The molecule has 250 valence electrons. The van der Waals surface area contributed by atoms with Crippen LogP contribution in [0.5, 0.6) is 17.2 Å². The predicted molar refractivity (Wildman–Crippen MR) is 184 cm³/mol. The molecule has 1 saturated carbocycles. The van der Waals surface area contributed by atoms with E-state index in [0.717, 1.165) is 46.2 Å². The molecule has 4 atom stereocenters. The zero-order valence-corrected chi connectivity index (χ0v) is 29.7. The number of ether oxygens (including phenoxy) is 4. The van der Waals surface area contributed by atoms with Gasteiger partial charge in [-0.1, -0.05) is 39.0 Å². The summed E-state index contributed by atoms with van der Waals surface area (Å²) in [5.41, 5.74) is 2.20. The van der Waals surface area contributed by atoms with E-state index in [1.807, 2.05) is 57.2 Å². The molecule has 1 N–H and O–H groups in total. The van der Waals surface area contributed by atoms with Gasteiger partial charge < -0.3 is 24.1 Å². The Morgan fingerprint density at radius 3 is 2.67 bits per heavy atom. The van der Waals surface area contributed by atoms with Gasteiger partial charge in [0.1, 0.15) is 33.6 Å². The van der Waals surface area contributed by atoms with E-state index in [9.17, 15) is 14.7 Å². The fourth-order valence-electron chi connectivity index (χ4n) is 6.81. The maximum absolute atomic E-state index is 13.7. The van der Waals surface area contributed by atoms with Gasteiger partial charge in [0.25, 0.3) is 0 Å². The van der Waals surface area contributed by atoms with Gasteiger partial charge in [0.2, 0.25) is 0 Å². The Kier molecular flexibility index (Phi) is 11.0. The smallest absolute Gasteiger partial charge is 0.410 e. The number of aliphatic hydroxyl groups is 1. The summed E-state index contributed by atoms with van der Waals surface area (Å²) < 4.78 is 24.9. The summed E-state index contributed by atoms with van der Waals surface area (Å²) in [6.45, 7) is 10.6. The molecule has 2 aliphatic heterocycles. The molecular weight excluding hydrogens is 670 g/mol. The second-order valence-corrected chi connectivity index (χ2v) is 15.7. The van der Waals surface area contributed by atoms with Crippen LogP contribution in [0.2, 0.25) is 0 Å². The topological polar surface area (TPSA) is 94.5 Å². The minimum Gasteiger partial charge on any atom is -0.497 e. The van der Waals surface area contributed by atoms with Crippen molar-refractivity contribution in [2.45, 2.75) is 94.4 Å². The van der Waals surface area contributed by atoms with Gasteiger partial charge in [-0.2, -0.15) is 11.8 Å². The van der Waals surface area contributed by atoms with Crippen LogP contribution in [0.4, 0.5) is 4.79 Å². The van der Waals surface area contributed by atoms with Gasteiger partial charge in [0.05, 0.1) is 38.4 Å². The van der Waals surface area contributed by atoms with Crippen molar-refractivity contribution in [1.82, 2.24) is 4.90 Å². The number of ketones is 1. The number of thioether (sulfide) groups is 1. The lowest BCUT2D eigenvalue weighted by atomic mass is 9.64. The largest absolute Gasteiger partial charge is 0.497 e. The average Bonchev–Trinajstić information content (AvgIpc) is 3.28. The van der Waals surface area contributed by atoms with Gasteiger partial charge in [-0.05, 0) is 76.4 Å². The first kappa shape index (κ1) is 34.6. The number of carbonyl (C=O) groups excluding carboxylic acids is 2. The number of nitrogens with zero attached hydrogens (tertiary/aromatic N) is 1.